The van der Waals surface area contributed by atoms with E-state index < -0.39 is 0 Å². The van der Waals surface area contributed by atoms with E-state index in [0.717, 1.165) is 33.9 Å². The average molecular weight is 408 g/mol. The molecule has 29 heavy (non-hydrogen) atoms. The highest BCUT2D eigenvalue weighted by atomic mass is 32.2. The van der Waals surface area contributed by atoms with E-state index in [-0.39, 0.29) is 0 Å². The van der Waals surface area contributed by atoms with Crippen LogP contribution in [0.1, 0.15) is 25.7 Å². The van der Waals surface area contributed by atoms with Crippen molar-refractivity contribution < 1.29 is 0 Å². The third-order valence-electron chi connectivity index (χ3n) is 5.96. The molecule has 0 bridgehead atoms. The summed E-state index contributed by atoms with van der Waals surface area (Å²) >= 11 is 1.76. The van der Waals surface area contributed by atoms with Crippen molar-refractivity contribution in [2.45, 2.75) is 30.7 Å². The van der Waals surface area contributed by atoms with Crippen molar-refractivity contribution in [2.24, 2.45) is 11.8 Å². The van der Waals surface area contributed by atoms with Gasteiger partial charge in [0, 0.05) is 38.9 Å². The van der Waals surface area contributed by atoms with E-state index in [0.29, 0.717) is 0 Å². The molecule has 2 aliphatic rings. The zero-order chi connectivity index (χ0) is 20.0. The number of aromatic nitrogens is 3. The summed E-state index contributed by atoms with van der Waals surface area (Å²) in [6, 6.07) is 10.7. The molecule has 2 saturated carbocycles. The van der Waals surface area contributed by atoms with Gasteiger partial charge in [-0.15, -0.1) is 11.8 Å². The monoisotopic (exact) mass is 407 g/mol. The van der Waals surface area contributed by atoms with Crippen molar-refractivity contribution in [1.29, 1.82) is 0 Å². The zero-order valence-electron chi connectivity index (χ0n) is 17.5. The summed E-state index contributed by atoms with van der Waals surface area (Å²) in [7, 11) is 4.03. The number of rotatable bonds is 8. The smallest absolute Gasteiger partial charge is 0.142 e. The van der Waals surface area contributed by atoms with Crippen LogP contribution in [0.15, 0.2) is 41.6 Å². The number of fused-ring (bicyclic) bond motifs is 1. The highest BCUT2D eigenvalue weighted by Crippen LogP contribution is 2.41. The SMILES string of the molecule is CSc1nn2c(-c3ccc(N(C)C)nc3)cccc2c1N(CC1CC1)CC1CC1. The van der Waals surface area contributed by atoms with Crippen LogP contribution in [0.5, 0.6) is 0 Å². The van der Waals surface area contributed by atoms with E-state index in [2.05, 4.69) is 51.0 Å². The first-order chi connectivity index (χ1) is 14.1. The molecule has 0 aliphatic heterocycles. The molecule has 0 unspecified atom stereocenters. The topological polar surface area (TPSA) is 36.7 Å². The van der Waals surface area contributed by atoms with Crippen LogP contribution in [-0.4, -0.2) is 48.0 Å². The fourth-order valence-corrected chi connectivity index (χ4v) is 4.56. The molecule has 2 fully saturated rings. The molecule has 0 spiro atoms. The minimum absolute atomic E-state index is 0.865. The van der Waals surface area contributed by atoms with E-state index in [4.69, 9.17) is 5.10 Å². The second-order valence-electron chi connectivity index (χ2n) is 8.66. The summed E-state index contributed by atoms with van der Waals surface area (Å²) in [6.45, 7) is 2.35. The maximum atomic E-state index is 5.04. The Labute approximate surface area is 177 Å². The van der Waals surface area contributed by atoms with Crippen molar-refractivity contribution in [1.82, 2.24) is 14.6 Å². The largest absolute Gasteiger partial charge is 0.367 e. The first-order valence-electron chi connectivity index (χ1n) is 10.6. The van der Waals surface area contributed by atoms with Crippen molar-refractivity contribution >= 4 is 28.8 Å². The molecule has 6 heteroatoms. The number of pyridine rings is 2. The second kappa shape index (κ2) is 7.56. The van der Waals surface area contributed by atoms with Crippen molar-refractivity contribution in [3.05, 3.63) is 36.5 Å². The Hall–Kier alpha value is -2.21. The van der Waals surface area contributed by atoms with E-state index in [9.17, 15) is 0 Å². The average Bonchev–Trinajstić information content (AvgIpc) is 3.66. The lowest BCUT2D eigenvalue weighted by molar-refractivity contribution is 0.676. The molecule has 0 N–H and O–H groups in total. The van der Waals surface area contributed by atoms with Crippen LogP contribution in [0.3, 0.4) is 0 Å². The summed E-state index contributed by atoms with van der Waals surface area (Å²) in [5.41, 5.74) is 4.74. The lowest BCUT2D eigenvalue weighted by Crippen LogP contribution is -2.28. The Bertz CT molecular complexity index is 988. The third-order valence-corrected chi connectivity index (χ3v) is 6.62. The fraction of sp³-hybridized carbons (Fsp3) is 0.478. The van der Waals surface area contributed by atoms with Crippen LogP contribution < -0.4 is 9.80 Å². The van der Waals surface area contributed by atoms with E-state index in [1.807, 2.05) is 25.2 Å². The Morgan fingerprint density at radius 2 is 1.76 bits per heavy atom. The molecule has 152 valence electrons. The molecule has 0 radical (unpaired) electrons. The van der Waals surface area contributed by atoms with E-state index >= 15 is 0 Å². The predicted molar refractivity (Wildman–Crippen MR) is 122 cm³/mol. The molecule has 2 aliphatic carbocycles. The molecule has 3 heterocycles. The molecule has 3 aromatic rings. The first-order valence-corrected chi connectivity index (χ1v) is 11.8. The van der Waals surface area contributed by atoms with Crippen LogP contribution in [0.4, 0.5) is 11.5 Å². The fourth-order valence-electron chi connectivity index (χ4n) is 3.97. The van der Waals surface area contributed by atoms with Crippen LogP contribution >= 0.6 is 11.8 Å². The minimum Gasteiger partial charge on any atom is -0.367 e. The number of nitrogens with zero attached hydrogens (tertiary/aromatic N) is 5. The maximum absolute atomic E-state index is 5.04. The quantitative estimate of drug-likeness (QED) is 0.501. The molecule has 5 nitrogen and oxygen atoms in total. The first kappa shape index (κ1) is 18.8. The van der Waals surface area contributed by atoms with Gasteiger partial charge in [-0.3, -0.25) is 0 Å². The van der Waals surface area contributed by atoms with Gasteiger partial charge in [0.1, 0.15) is 10.8 Å². The van der Waals surface area contributed by atoms with Crippen molar-refractivity contribution in [3.8, 4) is 11.3 Å². The van der Waals surface area contributed by atoms with Crippen molar-refractivity contribution in [2.75, 3.05) is 43.2 Å². The lowest BCUT2D eigenvalue weighted by Gasteiger charge is -2.25. The summed E-state index contributed by atoms with van der Waals surface area (Å²) in [6.07, 6.45) is 9.61. The van der Waals surface area contributed by atoms with Gasteiger partial charge in [0.05, 0.1) is 16.9 Å². The minimum atomic E-state index is 0.865. The molecular formula is C23H29N5S. The summed E-state index contributed by atoms with van der Waals surface area (Å²) in [5, 5.41) is 6.18. The molecular weight excluding hydrogens is 378 g/mol. The zero-order valence-corrected chi connectivity index (χ0v) is 18.3. The lowest BCUT2D eigenvalue weighted by atomic mass is 10.1. The molecule has 5 rings (SSSR count). The van der Waals surface area contributed by atoms with Crippen LogP contribution in [0, 0.1) is 11.8 Å². The van der Waals surface area contributed by atoms with Gasteiger partial charge in [-0.25, -0.2) is 9.50 Å². The van der Waals surface area contributed by atoms with Gasteiger partial charge in [-0.1, -0.05) is 6.07 Å². The van der Waals surface area contributed by atoms with Gasteiger partial charge in [0.15, 0.2) is 0 Å². The molecule has 3 aromatic heterocycles. The Balaban J connectivity index is 1.58. The van der Waals surface area contributed by atoms with Gasteiger partial charge in [0.2, 0.25) is 0 Å². The van der Waals surface area contributed by atoms with E-state index in [1.165, 1.54) is 50.0 Å². The number of anilines is 2. The Morgan fingerprint density at radius 1 is 1.03 bits per heavy atom. The predicted octanol–water partition coefficient (Wildman–Crippen LogP) is 4.81. The van der Waals surface area contributed by atoms with Crippen LogP contribution in [0.2, 0.25) is 0 Å². The highest BCUT2D eigenvalue weighted by Gasteiger charge is 2.32. The highest BCUT2D eigenvalue weighted by molar-refractivity contribution is 7.98. The van der Waals surface area contributed by atoms with Gasteiger partial charge in [0.25, 0.3) is 0 Å². The summed E-state index contributed by atoms with van der Waals surface area (Å²) in [4.78, 5) is 9.27. The summed E-state index contributed by atoms with van der Waals surface area (Å²) in [5.74, 6) is 2.70. The third kappa shape index (κ3) is 3.82. The van der Waals surface area contributed by atoms with Crippen molar-refractivity contribution in [3.63, 3.8) is 0 Å². The van der Waals surface area contributed by atoms with Gasteiger partial charge in [-0.05, 0) is 68.0 Å². The van der Waals surface area contributed by atoms with Gasteiger partial charge in [-0.2, -0.15) is 5.10 Å². The Morgan fingerprint density at radius 3 is 2.31 bits per heavy atom. The molecule has 0 saturated heterocycles. The molecule has 0 aromatic carbocycles. The number of hydrogen-bond acceptors (Lipinski definition) is 5. The van der Waals surface area contributed by atoms with Gasteiger partial charge < -0.3 is 9.80 Å². The summed E-state index contributed by atoms with van der Waals surface area (Å²) < 4.78 is 2.13. The normalized spacial score (nSPS) is 16.4. The molecule has 0 amide bonds. The Kier molecular flexibility index (Phi) is 4.90. The standard InChI is InChI=1S/C23H29N5S/c1-26(2)21-12-11-18(13-24-21)19-5-4-6-20-22(23(29-3)25-28(19)20)27(14-16-7-8-16)15-17-9-10-17/h4-6,11-13,16-17H,7-10,14-15H2,1-3H3. The number of thioether (sulfide) groups is 1. The molecule has 0 atom stereocenters. The number of hydrogen-bond donors (Lipinski definition) is 0. The second-order valence-corrected chi connectivity index (χ2v) is 9.45. The van der Waals surface area contributed by atoms with Gasteiger partial charge >= 0.3 is 0 Å². The van der Waals surface area contributed by atoms with E-state index in [1.54, 1.807) is 11.8 Å². The maximum Gasteiger partial charge on any atom is 0.142 e. The van der Waals surface area contributed by atoms with Crippen LogP contribution in [0.25, 0.3) is 16.8 Å². The van der Waals surface area contributed by atoms with Crippen LogP contribution in [-0.2, 0) is 0 Å².